The molecule has 1 unspecified atom stereocenters. The summed E-state index contributed by atoms with van der Waals surface area (Å²) in [4.78, 5) is 26.0. The Hall–Kier alpha value is -4.44. The Morgan fingerprint density at radius 3 is 1.86 bits per heavy atom. The molecule has 0 radical (unpaired) electrons. The number of hydrogen-bond acceptors (Lipinski definition) is 4. The monoisotopic (exact) mass is 558 g/mol. The van der Waals surface area contributed by atoms with Crippen LogP contribution < -0.4 is 9.80 Å². The van der Waals surface area contributed by atoms with Gasteiger partial charge in [0.15, 0.2) is 5.78 Å². The molecule has 4 nitrogen and oxygen atoms in total. The smallest absolute Gasteiger partial charge is 0.152 e. The van der Waals surface area contributed by atoms with Crippen molar-refractivity contribution in [2.45, 2.75) is 52.1 Å². The van der Waals surface area contributed by atoms with E-state index < -0.39 is 0 Å². The highest BCUT2D eigenvalue weighted by Crippen LogP contribution is 2.36. The van der Waals surface area contributed by atoms with Crippen molar-refractivity contribution in [3.05, 3.63) is 144 Å². The molecule has 0 fully saturated rings. The zero-order valence-corrected chi connectivity index (χ0v) is 24.9. The molecule has 2 heterocycles. The maximum atomic E-state index is 11.4. The van der Waals surface area contributed by atoms with Crippen molar-refractivity contribution < 1.29 is 9.59 Å². The summed E-state index contributed by atoms with van der Waals surface area (Å²) in [6.07, 6.45) is 5.04. The third kappa shape index (κ3) is 8.53. The lowest BCUT2D eigenvalue weighted by Gasteiger charge is -2.39. The fourth-order valence-corrected chi connectivity index (χ4v) is 5.59. The highest BCUT2D eigenvalue weighted by atomic mass is 16.1. The second-order valence-electron chi connectivity index (χ2n) is 10.8. The van der Waals surface area contributed by atoms with Crippen LogP contribution in [0.4, 0.5) is 11.4 Å². The number of allylic oxidation sites excluding steroid dienone is 1. The van der Waals surface area contributed by atoms with Crippen LogP contribution >= 0.6 is 0 Å². The Morgan fingerprint density at radius 2 is 1.24 bits per heavy atom. The van der Waals surface area contributed by atoms with Crippen LogP contribution in [0, 0.1) is 0 Å². The largest absolute Gasteiger partial charge is 0.367 e. The zero-order valence-electron chi connectivity index (χ0n) is 24.9. The number of para-hydroxylation sites is 2. The highest BCUT2D eigenvalue weighted by molar-refractivity contribution is 5.86. The Balaban J connectivity index is 0.000000171. The highest BCUT2D eigenvalue weighted by Gasteiger charge is 2.27. The predicted octanol–water partition coefficient (Wildman–Crippen LogP) is 8.17. The Morgan fingerprint density at radius 1 is 0.714 bits per heavy atom. The number of benzene rings is 4. The van der Waals surface area contributed by atoms with E-state index >= 15 is 0 Å². The van der Waals surface area contributed by atoms with Gasteiger partial charge in [-0.25, -0.2) is 0 Å². The lowest BCUT2D eigenvalue weighted by Crippen LogP contribution is -2.35. The molecule has 0 saturated carbocycles. The minimum atomic E-state index is 0.0185. The van der Waals surface area contributed by atoms with Crippen LogP contribution in [0.2, 0.25) is 0 Å². The molecule has 42 heavy (non-hydrogen) atoms. The van der Waals surface area contributed by atoms with Crippen molar-refractivity contribution >= 4 is 22.9 Å². The standard InChI is InChI=1S/C19H21NO.C15H15N.C4H6O/c1-15(21)11-12-19-18-10-6-5-7-16(18)13-14-20(19)17-8-3-2-4-9-17;1-2-8-15(9-3-1)16-11-10-13-6-4-5-7-14(13)12-16;1-3-4(2)5/h2-10,19H,11-14H2,1H3;1-9H,10-12H2;3H,1H2,2H3. The van der Waals surface area contributed by atoms with Gasteiger partial charge in [0.2, 0.25) is 0 Å². The number of nitrogens with zero attached hydrogens (tertiary/aromatic N) is 2. The summed E-state index contributed by atoms with van der Waals surface area (Å²) in [6, 6.07) is 38.9. The number of rotatable bonds is 6. The van der Waals surface area contributed by atoms with Crippen molar-refractivity contribution in [2.75, 3.05) is 22.9 Å². The topological polar surface area (TPSA) is 40.6 Å². The molecule has 0 saturated heterocycles. The molecule has 0 spiro atoms. The van der Waals surface area contributed by atoms with Crippen molar-refractivity contribution in [1.29, 1.82) is 0 Å². The fourth-order valence-electron chi connectivity index (χ4n) is 5.59. The molecule has 1 atom stereocenters. The molecule has 0 aliphatic carbocycles. The number of ketones is 2. The first kappa shape index (κ1) is 30.5. The first-order valence-corrected chi connectivity index (χ1v) is 14.8. The number of carbonyl (C=O) groups excluding carboxylic acids is 2. The van der Waals surface area contributed by atoms with Gasteiger partial charge in [0.25, 0.3) is 0 Å². The van der Waals surface area contributed by atoms with Crippen LogP contribution in [-0.4, -0.2) is 24.7 Å². The average molecular weight is 559 g/mol. The minimum Gasteiger partial charge on any atom is -0.367 e. The quantitative estimate of drug-likeness (QED) is 0.224. The van der Waals surface area contributed by atoms with Gasteiger partial charge in [-0.3, -0.25) is 4.79 Å². The molecule has 4 heteroatoms. The first-order valence-electron chi connectivity index (χ1n) is 14.8. The van der Waals surface area contributed by atoms with Gasteiger partial charge >= 0.3 is 0 Å². The van der Waals surface area contributed by atoms with Gasteiger partial charge < -0.3 is 14.6 Å². The van der Waals surface area contributed by atoms with E-state index in [2.05, 4.69) is 120 Å². The summed E-state index contributed by atoms with van der Waals surface area (Å²) < 4.78 is 0. The van der Waals surface area contributed by atoms with Crippen LogP contribution in [0.1, 0.15) is 55.0 Å². The van der Waals surface area contributed by atoms with Gasteiger partial charge in [0, 0.05) is 37.4 Å². The number of Topliss-reactive ketones (excluding diaryl/α,β-unsaturated/α-hetero) is 1. The van der Waals surface area contributed by atoms with Gasteiger partial charge in [-0.05, 0) is 85.7 Å². The Kier molecular flexibility index (Phi) is 11.3. The molecule has 4 aromatic carbocycles. The van der Waals surface area contributed by atoms with Crippen LogP contribution in [0.5, 0.6) is 0 Å². The second kappa shape index (κ2) is 15.5. The molecular weight excluding hydrogens is 516 g/mol. The van der Waals surface area contributed by atoms with Crippen molar-refractivity contribution in [1.82, 2.24) is 0 Å². The third-order valence-electron chi connectivity index (χ3n) is 7.81. The molecule has 0 N–H and O–H groups in total. The molecule has 2 aliphatic rings. The molecule has 6 rings (SSSR count). The predicted molar refractivity (Wildman–Crippen MR) is 175 cm³/mol. The molecule has 0 bridgehead atoms. The summed E-state index contributed by atoms with van der Waals surface area (Å²) in [7, 11) is 0. The second-order valence-corrected chi connectivity index (χ2v) is 10.8. The van der Waals surface area contributed by atoms with Crippen molar-refractivity contribution in [3.8, 4) is 0 Å². The molecule has 0 amide bonds. The van der Waals surface area contributed by atoms with Crippen molar-refractivity contribution in [2.24, 2.45) is 0 Å². The maximum Gasteiger partial charge on any atom is 0.152 e. The van der Waals surface area contributed by atoms with Crippen molar-refractivity contribution in [3.63, 3.8) is 0 Å². The minimum absolute atomic E-state index is 0.0185. The van der Waals surface area contributed by atoms with E-state index in [9.17, 15) is 9.59 Å². The zero-order chi connectivity index (χ0) is 29.7. The van der Waals surface area contributed by atoms with Gasteiger partial charge in [0.1, 0.15) is 5.78 Å². The SMILES string of the molecule is C=CC(C)=O.CC(=O)CCC1c2ccccc2CCN1c1ccccc1.c1ccc(N2CCc3ccccc3C2)cc1. The van der Waals surface area contributed by atoms with Gasteiger partial charge in [0.05, 0.1) is 6.04 Å². The first-order chi connectivity index (χ1) is 20.5. The van der Waals surface area contributed by atoms with Gasteiger partial charge in [-0.1, -0.05) is 91.5 Å². The number of fused-ring (bicyclic) bond motifs is 2. The molecule has 4 aromatic rings. The van der Waals surface area contributed by atoms with E-state index in [1.807, 2.05) is 6.07 Å². The number of hydrogen-bond donors (Lipinski definition) is 0. The van der Waals surface area contributed by atoms with E-state index in [1.165, 1.54) is 46.6 Å². The third-order valence-corrected chi connectivity index (χ3v) is 7.81. The Bertz CT molecular complexity index is 1450. The summed E-state index contributed by atoms with van der Waals surface area (Å²) >= 11 is 0. The van der Waals surface area contributed by atoms with Crippen LogP contribution in [-0.2, 0) is 29.0 Å². The summed E-state index contributed by atoms with van der Waals surface area (Å²) in [5, 5.41) is 0. The number of anilines is 2. The maximum absolute atomic E-state index is 11.4. The normalized spacial score (nSPS) is 15.0. The van der Waals surface area contributed by atoms with Crippen LogP contribution in [0.15, 0.2) is 122 Å². The van der Waals surface area contributed by atoms with Crippen LogP contribution in [0.25, 0.3) is 0 Å². The molecule has 216 valence electrons. The summed E-state index contributed by atoms with van der Waals surface area (Å²) in [5.41, 5.74) is 8.37. The van der Waals surface area contributed by atoms with Crippen LogP contribution in [0.3, 0.4) is 0 Å². The summed E-state index contributed by atoms with van der Waals surface area (Å²) in [6.45, 7) is 9.54. The van der Waals surface area contributed by atoms with E-state index in [1.54, 1.807) is 6.92 Å². The van der Waals surface area contributed by atoms with E-state index in [4.69, 9.17) is 0 Å². The Labute approximate surface area is 251 Å². The summed E-state index contributed by atoms with van der Waals surface area (Å²) in [5.74, 6) is 0.288. The lowest BCUT2D eigenvalue weighted by molar-refractivity contribution is -0.117. The number of carbonyl (C=O) groups is 2. The van der Waals surface area contributed by atoms with E-state index in [0.29, 0.717) is 12.5 Å². The lowest BCUT2D eigenvalue weighted by atomic mass is 9.89. The molecule has 2 aliphatic heterocycles. The molecule has 0 aromatic heterocycles. The van der Waals surface area contributed by atoms with E-state index in [-0.39, 0.29) is 11.6 Å². The molecular formula is C38H42N2O2. The van der Waals surface area contributed by atoms with Gasteiger partial charge in [-0.15, -0.1) is 0 Å². The van der Waals surface area contributed by atoms with Gasteiger partial charge in [-0.2, -0.15) is 0 Å². The van der Waals surface area contributed by atoms with E-state index in [0.717, 1.165) is 38.9 Å². The average Bonchev–Trinajstić information content (AvgIpc) is 3.04. The fraction of sp³-hybridized carbons (Fsp3) is 0.263.